The van der Waals surface area contributed by atoms with Crippen LogP contribution in [0.25, 0.3) is 0 Å². The van der Waals surface area contributed by atoms with Crippen LogP contribution < -0.4 is 10.6 Å². The van der Waals surface area contributed by atoms with Gasteiger partial charge in [0.1, 0.15) is 0 Å². The Kier molecular flexibility index (Phi) is 3.46. The summed E-state index contributed by atoms with van der Waals surface area (Å²) in [6.45, 7) is 3.45. The summed E-state index contributed by atoms with van der Waals surface area (Å²) in [4.78, 5) is 11.8. The monoisotopic (exact) mass is 220 g/mol. The molecule has 86 valence electrons. The molecule has 2 N–H and O–H groups in total. The van der Waals surface area contributed by atoms with Gasteiger partial charge in [-0.05, 0) is 31.0 Å². The molecule has 1 aliphatic rings. The van der Waals surface area contributed by atoms with Crippen LogP contribution in [0.15, 0.2) is 18.3 Å². The first kappa shape index (κ1) is 11.0. The van der Waals surface area contributed by atoms with Crippen molar-refractivity contribution in [2.45, 2.75) is 25.9 Å². The van der Waals surface area contributed by atoms with E-state index in [-0.39, 0.29) is 11.9 Å². The maximum absolute atomic E-state index is 11.8. The van der Waals surface area contributed by atoms with E-state index in [9.17, 15) is 4.79 Å². The third-order valence-corrected chi connectivity index (χ3v) is 2.89. The van der Waals surface area contributed by atoms with Crippen molar-refractivity contribution in [3.8, 4) is 0 Å². The van der Waals surface area contributed by atoms with Gasteiger partial charge in [-0.25, -0.2) is 0 Å². The molecule has 2 unspecified atom stereocenters. The van der Waals surface area contributed by atoms with Crippen molar-refractivity contribution >= 4 is 5.91 Å². The molecule has 0 radical (unpaired) electrons. The van der Waals surface area contributed by atoms with Crippen molar-refractivity contribution in [3.63, 3.8) is 0 Å². The van der Waals surface area contributed by atoms with Crippen LogP contribution in [0.1, 0.15) is 19.0 Å². The van der Waals surface area contributed by atoms with Gasteiger partial charge < -0.3 is 10.6 Å². The molecule has 5 heteroatoms. The van der Waals surface area contributed by atoms with E-state index in [1.165, 1.54) is 0 Å². The van der Waals surface area contributed by atoms with Gasteiger partial charge in [0.05, 0.1) is 18.3 Å². The van der Waals surface area contributed by atoms with Gasteiger partial charge in [0, 0.05) is 6.20 Å². The first-order valence-electron chi connectivity index (χ1n) is 5.55. The van der Waals surface area contributed by atoms with E-state index in [0.29, 0.717) is 12.5 Å². The topological polar surface area (TPSA) is 66.9 Å². The number of nitrogens with one attached hydrogen (secondary N) is 2. The van der Waals surface area contributed by atoms with Crippen LogP contribution in [0.3, 0.4) is 0 Å². The molecule has 0 saturated carbocycles. The lowest BCUT2D eigenvalue weighted by Gasteiger charge is -2.14. The van der Waals surface area contributed by atoms with E-state index in [4.69, 9.17) is 0 Å². The van der Waals surface area contributed by atoms with Crippen molar-refractivity contribution in [2.75, 3.05) is 6.54 Å². The molecule has 0 spiro atoms. The number of carbonyl (C=O) groups is 1. The van der Waals surface area contributed by atoms with Crippen LogP contribution in [-0.2, 0) is 11.3 Å². The van der Waals surface area contributed by atoms with Crippen molar-refractivity contribution in [1.82, 2.24) is 20.8 Å². The summed E-state index contributed by atoms with van der Waals surface area (Å²) in [7, 11) is 0. The zero-order chi connectivity index (χ0) is 11.4. The Morgan fingerprint density at radius 3 is 3.19 bits per heavy atom. The van der Waals surface area contributed by atoms with Gasteiger partial charge >= 0.3 is 0 Å². The molecular formula is C11H16N4O. The third-order valence-electron chi connectivity index (χ3n) is 2.89. The van der Waals surface area contributed by atoms with Gasteiger partial charge in [0.25, 0.3) is 0 Å². The summed E-state index contributed by atoms with van der Waals surface area (Å²) in [6, 6.07) is 3.60. The van der Waals surface area contributed by atoms with Gasteiger partial charge in [-0.1, -0.05) is 6.92 Å². The fourth-order valence-electron chi connectivity index (χ4n) is 1.90. The van der Waals surface area contributed by atoms with E-state index in [1.54, 1.807) is 6.20 Å². The Morgan fingerprint density at radius 1 is 1.69 bits per heavy atom. The van der Waals surface area contributed by atoms with Gasteiger partial charge in [-0.2, -0.15) is 10.2 Å². The molecule has 0 bridgehead atoms. The fourth-order valence-corrected chi connectivity index (χ4v) is 1.90. The molecule has 1 amide bonds. The van der Waals surface area contributed by atoms with Gasteiger partial charge in [0.15, 0.2) is 0 Å². The maximum atomic E-state index is 11.8. The number of nitrogens with zero attached hydrogens (tertiary/aromatic N) is 2. The SMILES string of the molecule is CC1CCNC1C(=O)NCc1cccnn1. The second-order valence-corrected chi connectivity index (χ2v) is 4.13. The molecule has 1 aliphatic heterocycles. The Morgan fingerprint density at radius 2 is 2.56 bits per heavy atom. The minimum atomic E-state index is -0.0586. The average molecular weight is 220 g/mol. The lowest BCUT2D eigenvalue weighted by atomic mass is 10.0. The number of aromatic nitrogens is 2. The smallest absolute Gasteiger partial charge is 0.237 e. The van der Waals surface area contributed by atoms with Crippen LogP contribution in [-0.4, -0.2) is 28.7 Å². The molecule has 1 aromatic heterocycles. The number of hydrogen-bond acceptors (Lipinski definition) is 4. The fraction of sp³-hybridized carbons (Fsp3) is 0.545. The molecule has 2 heterocycles. The highest BCUT2D eigenvalue weighted by Gasteiger charge is 2.28. The van der Waals surface area contributed by atoms with Crippen LogP contribution in [0.4, 0.5) is 0 Å². The van der Waals surface area contributed by atoms with Crippen LogP contribution >= 0.6 is 0 Å². The van der Waals surface area contributed by atoms with E-state index >= 15 is 0 Å². The summed E-state index contributed by atoms with van der Waals surface area (Å²) >= 11 is 0. The molecule has 0 aliphatic carbocycles. The highest BCUT2D eigenvalue weighted by atomic mass is 16.2. The normalized spacial score (nSPS) is 24.3. The lowest BCUT2D eigenvalue weighted by molar-refractivity contribution is -0.123. The summed E-state index contributed by atoms with van der Waals surface area (Å²) in [5, 5.41) is 13.7. The molecule has 2 rings (SSSR count). The Bertz CT molecular complexity index is 354. The Hall–Kier alpha value is -1.49. The number of amides is 1. The quantitative estimate of drug-likeness (QED) is 0.757. The average Bonchev–Trinajstić information content (AvgIpc) is 2.74. The van der Waals surface area contributed by atoms with Crippen LogP contribution in [0, 0.1) is 5.92 Å². The zero-order valence-electron chi connectivity index (χ0n) is 9.31. The second kappa shape index (κ2) is 5.03. The van der Waals surface area contributed by atoms with E-state index in [1.807, 2.05) is 12.1 Å². The zero-order valence-corrected chi connectivity index (χ0v) is 9.31. The summed E-state index contributed by atoms with van der Waals surface area (Å²) in [6.07, 6.45) is 2.68. The number of carbonyl (C=O) groups excluding carboxylic acids is 1. The highest BCUT2D eigenvalue weighted by Crippen LogP contribution is 2.14. The molecule has 1 aromatic rings. The van der Waals surface area contributed by atoms with Crippen molar-refractivity contribution in [1.29, 1.82) is 0 Å². The predicted octanol–water partition coefficient (Wildman–Crippen LogP) is 0.0908. The molecular weight excluding hydrogens is 204 g/mol. The lowest BCUT2D eigenvalue weighted by Crippen LogP contribution is -2.43. The van der Waals surface area contributed by atoms with Crippen molar-refractivity contribution in [2.24, 2.45) is 5.92 Å². The summed E-state index contributed by atoms with van der Waals surface area (Å²) < 4.78 is 0. The van der Waals surface area contributed by atoms with E-state index in [0.717, 1.165) is 18.7 Å². The largest absolute Gasteiger partial charge is 0.349 e. The van der Waals surface area contributed by atoms with Crippen LogP contribution in [0.2, 0.25) is 0 Å². The minimum absolute atomic E-state index is 0.0515. The summed E-state index contributed by atoms with van der Waals surface area (Å²) in [5.41, 5.74) is 0.779. The third kappa shape index (κ3) is 2.55. The van der Waals surface area contributed by atoms with Crippen LogP contribution in [0.5, 0.6) is 0 Å². The van der Waals surface area contributed by atoms with E-state index < -0.39 is 0 Å². The first-order valence-corrected chi connectivity index (χ1v) is 5.55. The van der Waals surface area contributed by atoms with Gasteiger partial charge in [-0.3, -0.25) is 4.79 Å². The van der Waals surface area contributed by atoms with Gasteiger partial charge in [0.2, 0.25) is 5.91 Å². The standard InChI is InChI=1S/C11H16N4O/c1-8-4-6-12-10(8)11(16)13-7-9-3-2-5-14-15-9/h2-3,5,8,10,12H,4,6-7H2,1H3,(H,13,16). The Balaban J connectivity index is 1.84. The molecule has 1 saturated heterocycles. The summed E-state index contributed by atoms with van der Waals surface area (Å²) in [5.74, 6) is 0.456. The second-order valence-electron chi connectivity index (χ2n) is 4.13. The molecule has 2 atom stereocenters. The molecule has 5 nitrogen and oxygen atoms in total. The molecule has 0 aromatic carbocycles. The molecule has 16 heavy (non-hydrogen) atoms. The number of hydrogen-bond donors (Lipinski definition) is 2. The maximum Gasteiger partial charge on any atom is 0.237 e. The van der Waals surface area contributed by atoms with Gasteiger partial charge in [-0.15, -0.1) is 0 Å². The number of rotatable bonds is 3. The minimum Gasteiger partial charge on any atom is -0.349 e. The van der Waals surface area contributed by atoms with Crippen molar-refractivity contribution < 1.29 is 4.79 Å². The first-order chi connectivity index (χ1) is 7.77. The molecule has 1 fully saturated rings. The highest BCUT2D eigenvalue weighted by molar-refractivity contribution is 5.82. The van der Waals surface area contributed by atoms with Crippen molar-refractivity contribution in [3.05, 3.63) is 24.0 Å². The van der Waals surface area contributed by atoms with E-state index in [2.05, 4.69) is 27.8 Å². The predicted molar refractivity (Wildman–Crippen MR) is 59.5 cm³/mol. The Labute approximate surface area is 94.6 Å².